The second kappa shape index (κ2) is 7.39. The van der Waals surface area contributed by atoms with Gasteiger partial charge in [0.25, 0.3) is 0 Å². The van der Waals surface area contributed by atoms with E-state index in [1.807, 2.05) is 23.9 Å². The van der Waals surface area contributed by atoms with Crippen LogP contribution in [-0.4, -0.2) is 11.5 Å². The van der Waals surface area contributed by atoms with Crippen LogP contribution in [0.2, 0.25) is 0 Å². The lowest BCUT2D eigenvalue weighted by Gasteiger charge is -1.98. The molecule has 0 bridgehead atoms. The first-order valence-electron chi connectivity index (χ1n) is 4.64. The van der Waals surface area contributed by atoms with Crippen LogP contribution in [0.4, 0.5) is 0 Å². The number of hydrogen-bond donors (Lipinski definition) is 1. The molecule has 0 spiro atoms. The average molecular weight is 216 g/mol. The fraction of sp³-hybridized carbons (Fsp3) is 0.600. The van der Waals surface area contributed by atoms with Crippen LogP contribution in [0.3, 0.4) is 0 Å². The summed E-state index contributed by atoms with van der Waals surface area (Å²) in [6, 6.07) is 3.97. The molecule has 13 heavy (non-hydrogen) atoms. The van der Waals surface area contributed by atoms with E-state index in [0.29, 0.717) is 0 Å². The second-order valence-corrected chi connectivity index (χ2v) is 4.47. The number of unbranched alkanes of at least 4 members (excludes halogenated alkanes) is 2. The van der Waals surface area contributed by atoms with Gasteiger partial charge >= 0.3 is 0 Å². The lowest BCUT2D eigenvalue weighted by atomic mass is 10.3. The molecule has 1 nitrogen and oxygen atoms in total. The summed E-state index contributed by atoms with van der Waals surface area (Å²) in [6.45, 7) is 0. The van der Waals surface area contributed by atoms with E-state index in [0.717, 1.165) is 17.3 Å². The van der Waals surface area contributed by atoms with Crippen molar-refractivity contribution in [2.45, 2.75) is 25.0 Å². The van der Waals surface area contributed by atoms with Crippen LogP contribution in [0.1, 0.15) is 25.0 Å². The smallest absolute Gasteiger partial charge is 0.113 e. The molecule has 0 atom stereocenters. The van der Waals surface area contributed by atoms with Crippen LogP contribution in [0.5, 0.6) is 0 Å². The number of thioether (sulfide) groups is 1. The molecule has 1 heterocycles. The van der Waals surface area contributed by atoms with E-state index < -0.39 is 0 Å². The Morgan fingerprint density at radius 3 is 2.92 bits per heavy atom. The van der Waals surface area contributed by atoms with E-state index in [2.05, 4.69) is 12.6 Å². The topological polar surface area (TPSA) is 13.1 Å². The third-order valence-electron chi connectivity index (χ3n) is 1.77. The van der Waals surface area contributed by atoms with Gasteiger partial charge in [-0.3, -0.25) is 0 Å². The van der Waals surface area contributed by atoms with Gasteiger partial charge in [-0.1, -0.05) is 6.42 Å². The molecule has 0 aliphatic heterocycles. The monoisotopic (exact) mass is 216 g/mol. The van der Waals surface area contributed by atoms with Gasteiger partial charge < -0.3 is 4.42 Å². The molecule has 0 unspecified atom stereocenters. The summed E-state index contributed by atoms with van der Waals surface area (Å²) >= 11 is 6.12. The zero-order valence-corrected chi connectivity index (χ0v) is 9.45. The minimum Gasteiger partial charge on any atom is -0.468 e. The Hall–Kier alpha value is -0.0200. The molecule has 1 aromatic rings. The van der Waals surface area contributed by atoms with Gasteiger partial charge in [0.15, 0.2) is 0 Å². The highest BCUT2D eigenvalue weighted by molar-refractivity contribution is 7.98. The summed E-state index contributed by atoms with van der Waals surface area (Å²) in [4.78, 5) is 0. The number of rotatable bonds is 7. The molecule has 3 heteroatoms. The average Bonchev–Trinajstić information content (AvgIpc) is 2.63. The van der Waals surface area contributed by atoms with Gasteiger partial charge in [0.1, 0.15) is 5.76 Å². The van der Waals surface area contributed by atoms with Gasteiger partial charge in [0.05, 0.1) is 12.0 Å². The quantitative estimate of drug-likeness (QED) is 0.552. The summed E-state index contributed by atoms with van der Waals surface area (Å²) in [6.07, 6.45) is 5.57. The molecule has 0 aromatic carbocycles. The van der Waals surface area contributed by atoms with E-state index in [1.54, 1.807) is 6.26 Å². The summed E-state index contributed by atoms with van der Waals surface area (Å²) in [5.74, 6) is 4.34. The molecule has 0 aliphatic rings. The molecule has 0 aliphatic carbocycles. The Labute approximate surface area is 89.7 Å². The molecule has 0 N–H and O–H groups in total. The Morgan fingerprint density at radius 2 is 2.23 bits per heavy atom. The summed E-state index contributed by atoms with van der Waals surface area (Å²) < 4.78 is 5.23. The van der Waals surface area contributed by atoms with Gasteiger partial charge in [0, 0.05) is 0 Å². The predicted octanol–water partition coefficient (Wildman–Crippen LogP) is 3.61. The number of furan rings is 1. The first kappa shape index (κ1) is 11.1. The van der Waals surface area contributed by atoms with Gasteiger partial charge in [0.2, 0.25) is 0 Å². The third kappa shape index (κ3) is 5.32. The van der Waals surface area contributed by atoms with Crippen LogP contribution in [0, 0.1) is 0 Å². The molecule has 1 rings (SSSR count). The molecule has 74 valence electrons. The normalized spacial score (nSPS) is 10.5. The zero-order chi connectivity index (χ0) is 9.36. The zero-order valence-electron chi connectivity index (χ0n) is 7.74. The molecule has 0 amide bonds. The van der Waals surface area contributed by atoms with Crippen molar-refractivity contribution in [2.24, 2.45) is 0 Å². The van der Waals surface area contributed by atoms with Gasteiger partial charge in [-0.05, 0) is 36.5 Å². The van der Waals surface area contributed by atoms with Crippen molar-refractivity contribution in [1.82, 2.24) is 0 Å². The van der Waals surface area contributed by atoms with E-state index in [4.69, 9.17) is 4.42 Å². The number of hydrogen-bond acceptors (Lipinski definition) is 3. The molecule has 0 saturated heterocycles. The van der Waals surface area contributed by atoms with Crippen molar-refractivity contribution in [3.8, 4) is 0 Å². The Morgan fingerprint density at radius 1 is 1.31 bits per heavy atom. The van der Waals surface area contributed by atoms with Gasteiger partial charge in [-0.25, -0.2) is 0 Å². The van der Waals surface area contributed by atoms with Crippen LogP contribution in [0.15, 0.2) is 22.8 Å². The largest absolute Gasteiger partial charge is 0.468 e. The van der Waals surface area contributed by atoms with E-state index in [1.165, 1.54) is 25.0 Å². The van der Waals surface area contributed by atoms with Crippen molar-refractivity contribution in [3.05, 3.63) is 24.2 Å². The highest BCUT2D eigenvalue weighted by atomic mass is 32.2. The first-order valence-corrected chi connectivity index (χ1v) is 6.43. The highest BCUT2D eigenvalue weighted by Gasteiger charge is 1.95. The Balaban J connectivity index is 1.90. The Bertz CT molecular complexity index is 197. The van der Waals surface area contributed by atoms with Crippen LogP contribution in [0.25, 0.3) is 0 Å². The SMILES string of the molecule is SCCCCCSCc1ccco1. The molecular formula is C10H16OS2. The molecule has 0 radical (unpaired) electrons. The molecular weight excluding hydrogens is 200 g/mol. The van der Waals surface area contributed by atoms with Crippen LogP contribution in [-0.2, 0) is 5.75 Å². The maximum absolute atomic E-state index is 5.23. The minimum absolute atomic E-state index is 1.01. The summed E-state index contributed by atoms with van der Waals surface area (Å²) in [5.41, 5.74) is 0. The van der Waals surface area contributed by atoms with Crippen molar-refractivity contribution < 1.29 is 4.42 Å². The van der Waals surface area contributed by atoms with Crippen LogP contribution >= 0.6 is 24.4 Å². The molecule has 0 saturated carbocycles. The lowest BCUT2D eigenvalue weighted by Crippen LogP contribution is -1.83. The standard InChI is InChI=1S/C10H16OS2/c12-7-2-1-3-8-13-9-10-5-4-6-11-10/h4-6,12H,1-3,7-9H2. The van der Waals surface area contributed by atoms with Crippen LogP contribution < -0.4 is 0 Å². The minimum atomic E-state index is 1.01. The predicted molar refractivity (Wildman–Crippen MR) is 62.6 cm³/mol. The van der Waals surface area contributed by atoms with Gasteiger partial charge in [-0.2, -0.15) is 24.4 Å². The van der Waals surface area contributed by atoms with Crippen molar-refractivity contribution in [1.29, 1.82) is 0 Å². The molecule has 0 fully saturated rings. The number of thiol groups is 1. The van der Waals surface area contributed by atoms with Crippen molar-refractivity contribution in [2.75, 3.05) is 11.5 Å². The summed E-state index contributed by atoms with van der Waals surface area (Å²) in [7, 11) is 0. The fourth-order valence-electron chi connectivity index (χ4n) is 1.06. The lowest BCUT2D eigenvalue weighted by molar-refractivity contribution is 0.530. The maximum Gasteiger partial charge on any atom is 0.113 e. The second-order valence-electron chi connectivity index (χ2n) is 2.92. The fourth-order valence-corrected chi connectivity index (χ4v) is 2.20. The first-order chi connectivity index (χ1) is 6.43. The molecule has 1 aromatic heterocycles. The van der Waals surface area contributed by atoms with E-state index >= 15 is 0 Å². The van der Waals surface area contributed by atoms with Crippen molar-refractivity contribution >= 4 is 24.4 Å². The Kier molecular flexibility index (Phi) is 6.29. The maximum atomic E-state index is 5.23. The highest BCUT2D eigenvalue weighted by Crippen LogP contribution is 2.14. The van der Waals surface area contributed by atoms with E-state index in [-0.39, 0.29) is 0 Å². The van der Waals surface area contributed by atoms with Crippen molar-refractivity contribution in [3.63, 3.8) is 0 Å². The summed E-state index contributed by atoms with van der Waals surface area (Å²) in [5, 5.41) is 0. The van der Waals surface area contributed by atoms with Gasteiger partial charge in [-0.15, -0.1) is 0 Å². The third-order valence-corrected chi connectivity index (χ3v) is 3.15. The van der Waals surface area contributed by atoms with E-state index in [9.17, 15) is 0 Å².